The molecule has 3 aliphatic carbocycles. The first kappa shape index (κ1) is 12.0. The first-order valence-corrected chi connectivity index (χ1v) is 8.84. The molecule has 3 saturated carbocycles. The second-order valence-corrected chi connectivity index (χ2v) is 8.67. The van der Waals surface area contributed by atoms with Gasteiger partial charge in [-0.15, -0.1) is 0 Å². The summed E-state index contributed by atoms with van der Waals surface area (Å²) in [7, 11) is 2.25. The molecule has 4 bridgehead atoms. The van der Waals surface area contributed by atoms with E-state index in [2.05, 4.69) is 16.8 Å². The Morgan fingerprint density at radius 3 is 3.00 bits per heavy atom. The molecule has 6 rings (SSSR count). The molecule has 3 saturated heterocycles. The standard InChI is InChI=1S/C17H24N2O2/c1-18-5-3-10-14-16(21)13-9-6-8(15(13)20)7-11-17(9,14)4-2-12(18)19(10)11/h8-15,20H,2-7H2,1H3/t8-,9-,10-,11-,12-,13-,14+,15-,17+/m0/s1. The van der Waals surface area contributed by atoms with Crippen molar-refractivity contribution in [2.75, 3.05) is 13.6 Å². The highest BCUT2D eigenvalue weighted by Crippen LogP contribution is 2.73. The Morgan fingerprint density at radius 2 is 2.14 bits per heavy atom. The van der Waals surface area contributed by atoms with Gasteiger partial charge in [0.05, 0.1) is 12.3 Å². The van der Waals surface area contributed by atoms with Crippen molar-refractivity contribution in [1.29, 1.82) is 0 Å². The Kier molecular flexibility index (Phi) is 1.94. The first-order valence-electron chi connectivity index (χ1n) is 8.84. The molecule has 0 aromatic heterocycles. The summed E-state index contributed by atoms with van der Waals surface area (Å²) in [6, 6.07) is 1.08. The molecule has 1 N–H and O–H groups in total. The minimum absolute atomic E-state index is 0.00311. The predicted molar refractivity (Wildman–Crippen MR) is 76.3 cm³/mol. The van der Waals surface area contributed by atoms with Gasteiger partial charge in [0.1, 0.15) is 5.78 Å². The molecular formula is C17H24N2O2. The van der Waals surface area contributed by atoms with E-state index in [1.807, 2.05) is 0 Å². The third-order valence-electron chi connectivity index (χ3n) is 8.49. The number of rotatable bonds is 0. The number of carbonyl (C=O) groups excluding carboxylic acids is 1. The van der Waals surface area contributed by atoms with E-state index in [4.69, 9.17) is 0 Å². The van der Waals surface area contributed by atoms with Crippen LogP contribution in [0.3, 0.4) is 0 Å². The zero-order valence-corrected chi connectivity index (χ0v) is 12.6. The Labute approximate surface area is 125 Å². The minimum atomic E-state index is -0.326. The van der Waals surface area contributed by atoms with Gasteiger partial charge in [0, 0.05) is 35.9 Å². The van der Waals surface area contributed by atoms with Crippen molar-refractivity contribution < 1.29 is 9.90 Å². The van der Waals surface area contributed by atoms with Gasteiger partial charge < -0.3 is 5.11 Å². The summed E-state index contributed by atoms with van der Waals surface area (Å²) in [5, 5.41) is 10.7. The molecule has 21 heavy (non-hydrogen) atoms. The highest BCUT2D eigenvalue weighted by Gasteiger charge is 2.78. The van der Waals surface area contributed by atoms with Crippen LogP contribution in [-0.2, 0) is 4.79 Å². The fraction of sp³-hybridized carbons (Fsp3) is 0.941. The zero-order chi connectivity index (χ0) is 14.1. The van der Waals surface area contributed by atoms with Crippen LogP contribution in [0, 0.1) is 29.1 Å². The number of aliphatic hydroxyl groups excluding tert-OH is 1. The second kappa shape index (κ2) is 3.39. The average molecular weight is 288 g/mol. The molecule has 0 aromatic rings. The summed E-state index contributed by atoms with van der Waals surface area (Å²) in [6.07, 6.45) is 6.14. The maximum atomic E-state index is 13.2. The van der Waals surface area contributed by atoms with E-state index >= 15 is 0 Å². The molecule has 6 aliphatic rings. The van der Waals surface area contributed by atoms with Gasteiger partial charge in [-0.3, -0.25) is 14.6 Å². The van der Waals surface area contributed by atoms with Gasteiger partial charge in [-0.05, 0) is 51.0 Å². The number of piperidine rings is 1. The molecule has 6 fully saturated rings. The molecular weight excluding hydrogens is 264 g/mol. The molecule has 0 aromatic carbocycles. The highest BCUT2D eigenvalue weighted by molar-refractivity contribution is 5.90. The van der Waals surface area contributed by atoms with Crippen molar-refractivity contribution in [1.82, 2.24) is 9.80 Å². The van der Waals surface area contributed by atoms with E-state index in [0.717, 1.165) is 25.8 Å². The summed E-state index contributed by atoms with van der Waals surface area (Å²) in [5.41, 5.74) is 0.252. The van der Waals surface area contributed by atoms with Crippen LogP contribution in [0.4, 0.5) is 0 Å². The van der Waals surface area contributed by atoms with Crippen LogP contribution in [-0.4, -0.2) is 58.6 Å². The van der Waals surface area contributed by atoms with Crippen LogP contribution in [0.5, 0.6) is 0 Å². The second-order valence-electron chi connectivity index (χ2n) is 8.67. The van der Waals surface area contributed by atoms with Crippen LogP contribution >= 0.6 is 0 Å². The van der Waals surface area contributed by atoms with Crippen LogP contribution in [0.1, 0.15) is 32.1 Å². The summed E-state index contributed by atoms with van der Waals surface area (Å²) in [5.74, 6) is 1.62. The average Bonchev–Trinajstić information content (AvgIpc) is 2.99. The Balaban J connectivity index is 1.59. The van der Waals surface area contributed by atoms with E-state index in [0.29, 0.717) is 35.9 Å². The largest absolute Gasteiger partial charge is 0.392 e. The molecule has 0 unspecified atom stereocenters. The molecule has 9 atom stereocenters. The van der Waals surface area contributed by atoms with Crippen LogP contribution in [0.25, 0.3) is 0 Å². The summed E-state index contributed by atoms with van der Waals surface area (Å²) in [6.45, 7) is 1.14. The quantitative estimate of drug-likeness (QED) is 0.712. The third kappa shape index (κ3) is 1.03. The maximum absolute atomic E-state index is 13.2. The van der Waals surface area contributed by atoms with E-state index < -0.39 is 0 Å². The van der Waals surface area contributed by atoms with Crippen molar-refractivity contribution in [3.63, 3.8) is 0 Å². The molecule has 114 valence electrons. The lowest BCUT2D eigenvalue weighted by Gasteiger charge is -2.55. The first-order chi connectivity index (χ1) is 10.1. The molecule has 0 radical (unpaired) electrons. The SMILES string of the molecule is CN1CC[C@H]2[C@@H]3C(=O)[C@@H]4[C@@H](O)[C@@H]5C[C@@H]6N2[C@H]1CC[C@@]63[C@H]4C5. The van der Waals surface area contributed by atoms with Crippen molar-refractivity contribution in [2.45, 2.75) is 56.5 Å². The summed E-state index contributed by atoms with van der Waals surface area (Å²) in [4.78, 5) is 18.4. The van der Waals surface area contributed by atoms with E-state index in [9.17, 15) is 9.90 Å². The molecule has 4 nitrogen and oxygen atoms in total. The smallest absolute Gasteiger partial charge is 0.144 e. The Morgan fingerprint density at radius 1 is 1.29 bits per heavy atom. The Hall–Kier alpha value is -0.450. The van der Waals surface area contributed by atoms with Crippen molar-refractivity contribution >= 4 is 5.78 Å². The van der Waals surface area contributed by atoms with Crippen molar-refractivity contribution in [3.8, 4) is 0 Å². The van der Waals surface area contributed by atoms with Crippen LogP contribution in [0.15, 0.2) is 0 Å². The summed E-state index contributed by atoms with van der Waals surface area (Å²) < 4.78 is 0. The number of aliphatic hydroxyl groups is 1. The maximum Gasteiger partial charge on any atom is 0.144 e. The van der Waals surface area contributed by atoms with Crippen LogP contribution < -0.4 is 0 Å². The monoisotopic (exact) mass is 288 g/mol. The van der Waals surface area contributed by atoms with Gasteiger partial charge in [-0.1, -0.05) is 0 Å². The molecule has 0 amide bonds. The van der Waals surface area contributed by atoms with Gasteiger partial charge in [0.2, 0.25) is 0 Å². The lowest BCUT2D eigenvalue weighted by molar-refractivity contribution is -0.129. The van der Waals surface area contributed by atoms with E-state index in [1.165, 1.54) is 12.8 Å². The van der Waals surface area contributed by atoms with E-state index in [1.54, 1.807) is 0 Å². The molecule has 1 spiro atoms. The number of carbonyl (C=O) groups is 1. The van der Waals surface area contributed by atoms with Gasteiger partial charge >= 0.3 is 0 Å². The Bertz CT molecular complexity index is 551. The van der Waals surface area contributed by atoms with Gasteiger partial charge in [0.15, 0.2) is 0 Å². The normalized spacial score (nSPS) is 64.4. The molecule has 3 aliphatic heterocycles. The fourth-order valence-corrected chi connectivity index (χ4v) is 8.03. The fourth-order valence-electron chi connectivity index (χ4n) is 8.03. The number of ketones is 1. The number of fused-ring (bicyclic) bond motifs is 2. The van der Waals surface area contributed by atoms with Crippen molar-refractivity contribution in [2.24, 2.45) is 29.1 Å². The van der Waals surface area contributed by atoms with Crippen molar-refractivity contribution in [3.05, 3.63) is 0 Å². The number of hydrogen-bond donors (Lipinski definition) is 1. The van der Waals surface area contributed by atoms with Gasteiger partial charge in [-0.2, -0.15) is 0 Å². The van der Waals surface area contributed by atoms with Crippen LogP contribution in [0.2, 0.25) is 0 Å². The van der Waals surface area contributed by atoms with Gasteiger partial charge in [-0.25, -0.2) is 0 Å². The lowest BCUT2D eigenvalue weighted by atomic mass is 9.59. The van der Waals surface area contributed by atoms with Gasteiger partial charge in [0.25, 0.3) is 0 Å². The predicted octanol–water partition coefficient (Wildman–Crippen LogP) is 0.697. The van der Waals surface area contributed by atoms with E-state index in [-0.39, 0.29) is 23.4 Å². The highest BCUT2D eigenvalue weighted by atomic mass is 16.3. The number of nitrogens with zero attached hydrogens (tertiary/aromatic N) is 2. The summed E-state index contributed by atoms with van der Waals surface area (Å²) >= 11 is 0. The third-order valence-corrected chi connectivity index (χ3v) is 8.49. The molecule has 4 heteroatoms. The minimum Gasteiger partial charge on any atom is -0.392 e. The lowest BCUT2D eigenvalue weighted by Crippen LogP contribution is -2.62. The zero-order valence-electron chi connectivity index (χ0n) is 12.6. The topological polar surface area (TPSA) is 43.8 Å². The number of Topliss-reactive ketones (excluding diaryl/α,β-unsaturated/α-hetero) is 1. The molecule has 3 heterocycles. The number of hydrogen-bond acceptors (Lipinski definition) is 4.